The molecule has 0 amide bonds. The number of aliphatic hydroxyl groups is 1. The zero-order valence-corrected chi connectivity index (χ0v) is 8.55. The topological polar surface area (TPSA) is 20.2 Å². The number of aliphatic hydroxyl groups excluding tert-OH is 1. The van der Waals surface area contributed by atoms with Crippen molar-refractivity contribution in [1.29, 1.82) is 0 Å². The van der Waals surface area contributed by atoms with Crippen LogP contribution in [0.25, 0.3) is 0 Å². The molecule has 0 bridgehead atoms. The second kappa shape index (κ2) is 9.35. The molecule has 0 aliphatic rings. The maximum Gasteiger partial charge on any atom is 0.115 e. The van der Waals surface area contributed by atoms with Gasteiger partial charge in [-0.1, -0.05) is 51.0 Å². The van der Waals surface area contributed by atoms with Gasteiger partial charge in [-0.25, -0.2) is 0 Å². The van der Waals surface area contributed by atoms with Gasteiger partial charge < -0.3 is 5.11 Å². The van der Waals surface area contributed by atoms with Crippen LogP contribution in [0.4, 0.5) is 0 Å². The first-order valence-corrected chi connectivity index (χ1v) is 5.11. The Bertz CT molecular complexity index is 173. The summed E-state index contributed by atoms with van der Waals surface area (Å²) >= 11 is 0. The molecule has 1 N–H and O–H groups in total. The average Bonchev–Trinajstić information content (AvgIpc) is 2.14. The zero-order chi connectivity index (χ0) is 9.94. The van der Waals surface area contributed by atoms with E-state index in [4.69, 9.17) is 0 Å². The highest BCUT2D eigenvalue weighted by Gasteiger charge is 1.97. The van der Waals surface area contributed by atoms with Crippen LogP contribution < -0.4 is 0 Å². The first kappa shape index (κ1) is 12.3. The van der Waals surface area contributed by atoms with Crippen LogP contribution in [0, 0.1) is 11.8 Å². The van der Waals surface area contributed by atoms with Crippen LogP contribution in [0.1, 0.15) is 45.4 Å². The summed E-state index contributed by atoms with van der Waals surface area (Å²) in [4.78, 5) is 0. The van der Waals surface area contributed by atoms with Gasteiger partial charge in [0.05, 0.1) is 0 Å². The van der Waals surface area contributed by atoms with Gasteiger partial charge in [0, 0.05) is 0 Å². The molecule has 0 fully saturated rings. The summed E-state index contributed by atoms with van der Waals surface area (Å²) in [6, 6.07) is 0. The molecule has 0 saturated heterocycles. The van der Waals surface area contributed by atoms with E-state index < -0.39 is 6.10 Å². The molecule has 1 unspecified atom stereocenters. The van der Waals surface area contributed by atoms with Gasteiger partial charge in [-0.2, -0.15) is 0 Å². The number of unbranched alkanes of at least 4 members (excludes halogenated alkanes) is 4. The highest BCUT2D eigenvalue weighted by Crippen LogP contribution is 2.06. The molecule has 1 heteroatoms. The molecule has 0 aromatic carbocycles. The van der Waals surface area contributed by atoms with E-state index in [2.05, 4.69) is 25.3 Å². The van der Waals surface area contributed by atoms with Gasteiger partial charge >= 0.3 is 0 Å². The van der Waals surface area contributed by atoms with Crippen LogP contribution in [0.15, 0.2) is 12.7 Å². The summed E-state index contributed by atoms with van der Waals surface area (Å²) in [7, 11) is 0. The van der Waals surface area contributed by atoms with Gasteiger partial charge in [0.15, 0.2) is 0 Å². The van der Waals surface area contributed by atoms with Crippen molar-refractivity contribution in [2.24, 2.45) is 0 Å². The molecule has 0 aliphatic heterocycles. The number of rotatable bonds is 6. The summed E-state index contributed by atoms with van der Waals surface area (Å²) < 4.78 is 0. The standard InChI is InChI=1S/C12H20O/c1-3-5-7-8-9-11-12(13)10-6-4-2/h4,12-13H,2-3,5,7-9,11H2,1H3. The lowest BCUT2D eigenvalue weighted by molar-refractivity contribution is 0.217. The second-order valence-electron chi connectivity index (χ2n) is 3.21. The van der Waals surface area contributed by atoms with Crippen LogP contribution in [0.5, 0.6) is 0 Å². The number of hydrogen-bond acceptors (Lipinski definition) is 1. The van der Waals surface area contributed by atoms with Crippen LogP contribution in [0.2, 0.25) is 0 Å². The van der Waals surface area contributed by atoms with Gasteiger partial charge in [0.1, 0.15) is 6.10 Å². The maximum absolute atomic E-state index is 9.32. The third-order valence-corrected chi connectivity index (χ3v) is 1.93. The van der Waals surface area contributed by atoms with Crippen molar-refractivity contribution >= 4 is 0 Å². The van der Waals surface area contributed by atoms with Crippen molar-refractivity contribution < 1.29 is 5.11 Å². The molecule has 13 heavy (non-hydrogen) atoms. The summed E-state index contributed by atoms with van der Waals surface area (Å²) in [6.07, 6.45) is 7.98. The Balaban J connectivity index is 3.26. The van der Waals surface area contributed by atoms with E-state index in [9.17, 15) is 5.11 Å². The maximum atomic E-state index is 9.32. The molecule has 1 atom stereocenters. The van der Waals surface area contributed by atoms with E-state index in [1.54, 1.807) is 0 Å². The van der Waals surface area contributed by atoms with Crippen molar-refractivity contribution in [2.75, 3.05) is 0 Å². The van der Waals surface area contributed by atoms with E-state index in [1.165, 1.54) is 31.8 Å². The molecule has 0 saturated carbocycles. The molecule has 0 heterocycles. The van der Waals surface area contributed by atoms with E-state index in [1.807, 2.05) is 0 Å². The van der Waals surface area contributed by atoms with Crippen molar-refractivity contribution in [2.45, 2.75) is 51.6 Å². The van der Waals surface area contributed by atoms with Crippen LogP contribution >= 0.6 is 0 Å². The van der Waals surface area contributed by atoms with E-state index in [0.717, 1.165) is 12.8 Å². The van der Waals surface area contributed by atoms with Gasteiger partial charge in [0.2, 0.25) is 0 Å². The van der Waals surface area contributed by atoms with Crippen molar-refractivity contribution in [3.05, 3.63) is 12.7 Å². The van der Waals surface area contributed by atoms with Gasteiger partial charge in [-0.05, 0) is 18.9 Å². The number of hydrogen-bond donors (Lipinski definition) is 1. The number of allylic oxidation sites excluding steroid dienone is 1. The highest BCUT2D eigenvalue weighted by molar-refractivity contribution is 5.14. The van der Waals surface area contributed by atoms with E-state index >= 15 is 0 Å². The molecule has 74 valence electrons. The summed E-state index contributed by atoms with van der Waals surface area (Å²) in [6.45, 7) is 5.67. The van der Waals surface area contributed by atoms with Crippen molar-refractivity contribution in [1.82, 2.24) is 0 Å². The summed E-state index contributed by atoms with van der Waals surface area (Å²) in [5.41, 5.74) is 0. The Morgan fingerprint density at radius 2 is 2.00 bits per heavy atom. The molecule has 0 aromatic rings. The van der Waals surface area contributed by atoms with E-state index in [0.29, 0.717) is 0 Å². The fraction of sp³-hybridized carbons (Fsp3) is 0.667. The minimum atomic E-state index is -0.459. The molecular formula is C12H20O. The molecule has 0 rings (SSSR count). The summed E-state index contributed by atoms with van der Waals surface area (Å²) in [5, 5.41) is 9.32. The normalized spacial score (nSPS) is 11.5. The third kappa shape index (κ3) is 9.17. The lowest BCUT2D eigenvalue weighted by Crippen LogP contribution is -2.01. The SMILES string of the molecule is C=CC#CC(O)CCCCCCC. The lowest BCUT2D eigenvalue weighted by Gasteiger charge is -2.02. The van der Waals surface area contributed by atoms with Gasteiger partial charge in [0.25, 0.3) is 0 Å². The lowest BCUT2D eigenvalue weighted by atomic mass is 10.1. The smallest absolute Gasteiger partial charge is 0.115 e. The van der Waals surface area contributed by atoms with Gasteiger partial charge in [-0.3, -0.25) is 0 Å². The molecule has 0 aromatic heterocycles. The molecule has 0 aliphatic carbocycles. The Labute approximate surface area is 81.9 Å². The first-order valence-electron chi connectivity index (χ1n) is 5.11. The average molecular weight is 180 g/mol. The summed E-state index contributed by atoms with van der Waals surface area (Å²) in [5.74, 6) is 5.37. The largest absolute Gasteiger partial charge is 0.380 e. The van der Waals surface area contributed by atoms with E-state index in [-0.39, 0.29) is 0 Å². The highest BCUT2D eigenvalue weighted by atomic mass is 16.3. The first-order chi connectivity index (χ1) is 6.31. The van der Waals surface area contributed by atoms with Crippen LogP contribution in [-0.4, -0.2) is 11.2 Å². The molecule has 1 nitrogen and oxygen atoms in total. The molecule has 0 radical (unpaired) electrons. The van der Waals surface area contributed by atoms with Crippen LogP contribution in [-0.2, 0) is 0 Å². The Hall–Kier alpha value is -0.740. The minimum Gasteiger partial charge on any atom is -0.380 e. The Morgan fingerprint density at radius 3 is 2.62 bits per heavy atom. The fourth-order valence-corrected chi connectivity index (χ4v) is 1.17. The van der Waals surface area contributed by atoms with Crippen molar-refractivity contribution in [3.63, 3.8) is 0 Å². The van der Waals surface area contributed by atoms with Crippen LogP contribution in [0.3, 0.4) is 0 Å². The Kier molecular flexibility index (Phi) is 8.82. The second-order valence-corrected chi connectivity index (χ2v) is 3.21. The molecule has 0 spiro atoms. The third-order valence-electron chi connectivity index (χ3n) is 1.93. The fourth-order valence-electron chi connectivity index (χ4n) is 1.17. The monoisotopic (exact) mass is 180 g/mol. The minimum absolute atomic E-state index is 0.459. The van der Waals surface area contributed by atoms with Gasteiger partial charge in [-0.15, -0.1) is 0 Å². The predicted molar refractivity (Wildman–Crippen MR) is 57.4 cm³/mol. The molecular weight excluding hydrogens is 160 g/mol. The Morgan fingerprint density at radius 1 is 1.31 bits per heavy atom. The zero-order valence-electron chi connectivity index (χ0n) is 8.55. The van der Waals surface area contributed by atoms with Crippen molar-refractivity contribution in [3.8, 4) is 11.8 Å². The predicted octanol–water partition coefficient (Wildman–Crippen LogP) is 2.90. The quantitative estimate of drug-likeness (QED) is 0.492.